The van der Waals surface area contributed by atoms with Gasteiger partial charge in [-0.25, -0.2) is 9.59 Å². The van der Waals surface area contributed by atoms with Crippen molar-refractivity contribution in [3.05, 3.63) is 29.3 Å². The Morgan fingerprint density at radius 1 is 1.11 bits per heavy atom. The van der Waals surface area contributed by atoms with Crippen molar-refractivity contribution in [3.8, 4) is 6.07 Å². The smallest absolute Gasteiger partial charge is 0.410 e. The topological polar surface area (TPSA) is 82.9 Å². The van der Waals surface area contributed by atoms with Gasteiger partial charge in [-0.2, -0.15) is 5.26 Å². The van der Waals surface area contributed by atoms with Crippen LogP contribution >= 0.6 is 0 Å². The summed E-state index contributed by atoms with van der Waals surface area (Å²) in [5.74, 6) is -0.530. The Morgan fingerprint density at radius 3 is 2.19 bits per heavy atom. The summed E-state index contributed by atoms with van der Waals surface area (Å²) in [5, 5.41) is 9.26. The van der Waals surface area contributed by atoms with Crippen LogP contribution in [-0.2, 0) is 9.47 Å². The minimum absolute atomic E-state index is 0.251. The summed E-state index contributed by atoms with van der Waals surface area (Å²) < 4.78 is 10.1. The molecule has 0 spiro atoms. The van der Waals surface area contributed by atoms with Gasteiger partial charge in [0, 0.05) is 31.9 Å². The molecule has 1 aliphatic heterocycles. The monoisotopic (exact) mass is 375 g/mol. The zero-order valence-corrected chi connectivity index (χ0v) is 17.0. The lowest BCUT2D eigenvalue weighted by Gasteiger charge is -2.36. The summed E-state index contributed by atoms with van der Waals surface area (Å²) >= 11 is 0. The van der Waals surface area contributed by atoms with Crippen LogP contribution in [0.15, 0.2) is 18.2 Å². The predicted molar refractivity (Wildman–Crippen MR) is 104 cm³/mol. The number of carbonyl (C=O) groups is 2. The number of amides is 1. The molecule has 0 aromatic heterocycles. The molecule has 2 rings (SSSR count). The summed E-state index contributed by atoms with van der Waals surface area (Å²) in [4.78, 5) is 27.5. The molecule has 1 fully saturated rings. The second-order valence-corrected chi connectivity index (χ2v) is 6.79. The van der Waals surface area contributed by atoms with E-state index in [2.05, 4.69) is 9.64 Å². The van der Waals surface area contributed by atoms with Gasteiger partial charge >= 0.3 is 12.1 Å². The van der Waals surface area contributed by atoms with E-state index in [9.17, 15) is 14.9 Å². The molecule has 0 bridgehead atoms. The summed E-state index contributed by atoms with van der Waals surface area (Å²) in [5.41, 5.74) is 0.854. The number of ether oxygens (including phenoxy) is 2. The molecule has 1 saturated heterocycles. The molecule has 0 radical (unpaired) electrons. The third kappa shape index (κ3) is 6.17. The Morgan fingerprint density at radius 2 is 1.70 bits per heavy atom. The van der Waals surface area contributed by atoms with Gasteiger partial charge in [0.05, 0.1) is 18.2 Å². The van der Waals surface area contributed by atoms with Gasteiger partial charge in [-0.1, -0.05) is 13.8 Å². The van der Waals surface area contributed by atoms with Crippen LogP contribution in [-0.4, -0.2) is 55.9 Å². The molecule has 7 heteroatoms. The van der Waals surface area contributed by atoms with Crippen LogP contribution in [0.3, 0.4) is 0 Å². The number of hydrogen-bond acceptors (Lipinski definition) is 6. The highest BCUT2D eigenvalue weighted by atomic mass is 16.6. The first-order valence-corrected chi connectivity index (χ1v) is 9.10. The number of nitriles is 1. The van der Waals surface area contributed by atoms with Crippen LogP contribution in [0, 0.1) is 11.3 Å². The molecule has 1 aromatic rings. The number of piperazine rings is 1. The van der Waals surface area contributed by atoms with Crippen LogP contribution in [0.2, 0.25) is 0 Å². The number of esters is 1. The molecule has 1 aromatic carbocycles. The van der Waals surface area contributed by atoms with Crippen LogP contribution in [0.1, 0.15) is 50.5 Å². The van der Waals surface area contributed by atoms with E-state index in [-0.39, 0.29) is 17.2 Å². The van der Waals surface area contributed by atoms with E-state index >= 15 is 0 Å². The van der Waals surface area contributed by atoms with Gasteiger partial charge in [-0.3, -0.25) is 0 Å². The minimum Gasteiger partial charge on any atom is -0.465 e. The van der Waals surface area contributed by atoms with Gasteiger partial charge in [0.1, 0.15) is 11.7 Å². The number of benzene rings is 1. The highest BCUT2D eigenvalue weighted by Crippen LogP contribution is 2.22. The standard InChI is InChI=1S/C18H23N3O4.C2H6/c1-18(2,3)25-17(23)21-9-7-20(8-10-21)14-5-6-15(16(22)24-4)13(11-14)12-19;1-2/h5-6,11H,7-10H2,1-4H3;1-2H3. The molecule has 0 atom stereocenters. The molecule has 27 heavy (non-hydrogen) atoms. The van der Waals surface area contributed by atoms with E-state index in [0.717, 1.165) is 5.69 Å². The van der Waals surface area contributed by atoms with Crippen molar-refractivity contribution >= 4 is 17.7 Å². The molecule has 148 valence electrons. The lowest BCUT2D eigenvalue weighted by atomic mass is 10.1. The van der Waals surface area contributed by atoms with E-state index in [4.69, 9.17) is 4.74 Å². The Labute approximate surface area is 161 Å². The van der Waals surface area contributed by atoms with Crippen molar-refractivity contribution in [2.75, 3.05) is 38.2 Å². The van der Waals surface area contributed by atoms with Crippen molar-refractivity contribution in [2.24, 2.45) is 0 Å². The Bertz CT molecular complexity index is 696. The fraction of sp³-hybridized carbons (Fsp3) is 0.550. The fourth-order valence-electron chi connectivity index (χ4n) is 2.58. The molecular formula is C20H29N3O4. The van der Waals surface area contributed by atoms with E-state index in [1.54, 1.807) is 23.1 Å². The van der Waals surface area contributed by atoms with Crippen LogP contribution in [0.4, 0.5) is 10.5 Å². The maximum atomic E-state index is 12.1. The second kappa shape index (κ2) is 9.81. The van der Waals surface area contributed by atoms with Gasteiger partial charge < -0.3 is 19.3 Å². The minimum atomic E-state index is -0.530. The largest absolute Gasteiger partial charge is 0.465 e. The summed E-state index contributed by atoms with van der Waals surface area (Å²) in [6.07, 6.45) is -0.314. The van der Waals surface area contributed by atoms with Crippen molar-refractivity contribution in [1.29, 1.82) is 5.26 Å². The Kier molecular flexibility index (Phi) is 8.10. The lowest BCUT2D eigenvalue weighted by molar-refractivity contribution is 0.0240. The number of methoxy groups -OCH3 is 1. The van der Waals surface area contributed by atoms with E-state index in [0.29, 0.717) is 26.2 Å². The molecule has 1 aliphatic rings. The quantitative estimate of drug-likeness (QED) is 0.737. The van der Waals surface area contributed by atoms with Crippen molar-refractivity contribution in [2.45, 2.75) is 40.2 Å². The molecule has 7 nitrogen and oxygen atoms in total. The SMILES string of the molecule is CC.COC(=O)c1ccc(N2CCN(C(=O)OC(C)(C)C)CC2)cc1C#N. The zero-order chi connectivity index (χ0) is 20.6. The number of anilines is 1. The maximum Gasteiger partial charge on any atom is 0.410 e. The Balaban J connectivity index is 0.00000176. The average molecular weight is 375 g/mol. The molecule has 0 N–H and O–H groups in total. The van der Waals surface area contributed by atoms with Crippen LogP contribution in [0.5, 0.6) is 0 Å². The first kappa shape index (κ1) is 22.3. The normalized spacial score (nSPS) is 13.8. The maximum absolute atomic E-state index is 12.1. The molecule has 0 aliphatic carbocycles. The van der Waals surface area contributed by atoms with E-state index in [1.165, 1.54) is 7.11 Å². The predicted octanol–water partition coefficient (Wildman–Crippen LogP) is 3.43. The summed E-state index contributed by atoms with van der Waals surface area (Å²) in [6.45, 7) is 11.8. The van der Waals surface area contributed by atoms with E-state index < -0.39 is 11.6 Å². The first-order valence-electron chi connectivity index (χ1n) is 9.10. The highest BCUT2D eigenvalue weighted by molar-refractivity contribution is 5.92. The zero-order valence-electron chi connectivity index (χ0n) is 17.0. The van der Waals surface area contributed by atoms with Gasteiger partial charge in [-0.05, 0) is 39.0 Å². The second-order valence-electron chi connectivity index (χ2n) is 6.79. The molecule has 1 amide bonds. The van der Waals surface area contributed by atoms with Crippen molar-refractivity contribution in [3.63, 3.8) is 0 Å². The number of nitrogens with zero attached hydrogens (tertiary/aromatic N) is 3. The molecule has 0 saturated carbocycles. The van der Waals surface area contributed by atoms with Crippen molar-refractivity contribution in [1.82, 2.24) is 4.90 Å². The summed E-state index contributed by atoms with van der Waals surface area (Å²) in [7, 11) is 1.29. The third-order valence-corrected chi connectivity index (χ3v) is 3.83. The highest BCUT2D eigenvalue weighted by Gasteiger charge is 2.26. The van der Waals surface area contributed by atoms with Gasteiger partial charge in [0.2, 0.25) is 0 Å². The number of rotatable bonds is 2. The van der Waals surface area contributed by atoms with Gasteiger partial charge in [0.25, 0.3) is 0 Å². The van der Waals surface area contributed by atoms with Crippen LogP contribution < -0.4 is 4.90 Å². The van der Waals surface area contributed by atoms with Gasteiger partial charge in [-0.15, -0.1) is 0 Å². The Hall–Kier alpha value is -2.75. The average Bonchev–Trinajstić information content (AvgIpc) is 2.67. The molecule has 0 unspecified atom stereocenters. The summed E-state index contributed by atoms with van der Waals surface area (Å²) in [6, 6.07) is 7.09. The van der Waals surface area contributed by atoms with Crippen LogP contribution in [0.25, 0.3) is 0 Å². The van der Waals surface area contributed by atoms with Gasteiger partial charge in [0.15, 0.2) is 0 Å². The number of carbonyl (C=O) groups excluding carboxylic acids is 2. The van der Waals surface area contributed by atoms with E-state index in [1.807, 2.05) is 40.7 Å². The third-order valence-electron chi connectivity index (χ3n) is 3.83. The molecular weight excluding hydrogens is 346 g/mol. The van der Waals surface area contributed by atoms with Crippen molar-refractivity contribution < 1.29 is 19.1 Å². The molecule has 1 heterocycles. The first-order chi connectivity index (χ1) is 12.7. The lowest BCUT2D eigenvalue weighted by Crippen LogP contribution is -2.50. The fourth-order valence-corrected chi connectivity index (χ4v) is 2.58. The number of hydrogen-bond donors (Lipinski definition) is 0.